The third-order valence-corrected chi connectivity index (χ3v) is 6.85. The van der Waals surface area contributed by atoms with Gasteiger partial charge in [-0.15, -0.1) is 22.7 Å². The van der Waals surface area contributed by atoms with Crippen LogP contribution < -0.4 is 20.1 Å². The molecule has 3 aromatic rings. The second-order valence-electron chi connectivity index (χ2n) is 7.55. The van der Waals surface area contributed by atoms with Crippen LogP contribution in [0, 0.1) is 12.8 Å². The number of nitrogens with one attached hydrogen (secondary N) is 2. The summed E-state index contributed by atoms with van der Waals surface area (Å²) in [6.07, 6.45) is 0.679. The first kappa shape index (κ1) is 21.3. The van der Waals surface area contributed by atoms with Gasteiger partial charge < -0.3 is 20.1 Å². The normalized spacial score (nSPS) is 13.3. The van der Waals surface area contributed by atoms with Crippen molar-refractivity contribution in [3.63, 3.8) is 0 Å². The number of hydrogen-bond acceptors (Lipinski definition) is 7. The van der Waals surface area contributed by atoms with Crippen LogP contribution >= 0.6 is 22.7 Å². The van der Waals surface area contributed by atoms with Crippen molar-refractivity contribution in [2.24, 2.45) is 5.92 Å². The second kappa shape index (κ2) is 9.07. The molecule has 0 saturated heterocycles. The topological polar surface area (TPSA) is 89.6 Å². The first-order valence-electron chi connectivity index (χ1n) is 9.91. The summed E-state index contributed by atoms with van der Waals surface area (Å²) in [7, 11) is 0. The molecular weight excluding hydrogens is 434 g/mol. The van der Waals surface area contributed by atoms with E-state index in [0.717, 1.165) is 27.6 Å². The Bertz CT molecular complexity index is 1090. The molecule has 162 valence electrons. The van der Waals surface area contributed by atoms with E-state index in [9.17, 15) is 9.59 Å². The minimum atomic E-state index is -0.656. The zero-order valence-corrected chi connectivity index (χ0v) is 19.1. The van der Waals surface area contributed by atoms with Gasteiger partial charge in [-0.25, -0.2) is 4.98 Å². The largest absolute Gasteiger partial charge is 0.454 e. The van der Waals surface area contributed by atoms with Gasteiger partial charge in [-0.2, -0.15) is 0 Å². The van der Waals surface area contributed by atoms with Gasteiger partial charge in [-0.05, 0) is 42.0 Å². The number of anilines is 1. The Morgan fingerprint density at radius 1 is 1.19 bits per heavy atom. The fraction of sp³-hybridized carbons (Fsp3) is 0.318. The lowest BCUT2D eigenvalue weighted by molar-refractivity contribution is -0.118. The summed E-state index contributed by atoms with van der Waals surface area (Å²) in [6.45, 7) is 5.97. The summed E-state index contributed by atoms with van der Waals surface area (Å²) in [6, 6.07) is 8.76. The molecule has 1 aromatic carbocycles. The molecule has 31 heavy (non-hydrogen) atoms. The molecule has 2 N–H and O–H groups in total. The number of fused-ring (bicyclic) bond motifs is 1. The van der Waals surface area contributed by atoms with Crippen LogP contribution in [0.15, 0.2) is 35.7 Å². The first-order valence-corrected chi connectivity index (χ1v) is 11.6. The maximum atomic E-state index is 12.9. The van der Waals surface area contributed by atoms with Crippen LogP contribution in [0.2, 0.25) is 0 Å². The predicted molar refractivity (Wildman–Crippen MR) is 121 cm³/mol. The van der Waals surface area contributed by atoms with Crippen LogP contribution in [0.5, 0.6) is 11.5 Å². The number of benzene rings is 1. The van der Waals surface area contributed by atoms with E-state index >= 15 is 0 Å². The van der Waals surface area contributed by atoms with Gasteiger partial charge in [0, 0.05) is 11.3 Å². The molecule has 1 atom stereocenters. The van der Waals surface area contributed by atoms with Crippen LogP contribution in [-0.4, -0.2) is 29.6 Å². The third kappa shape index (κ3) is 4.88. The number of ether oxygens (including phenoxy) is 2. The Morgan fingerprint density at radius 2 is 2.00 bits per heavy atom. The van der Waals surface area contributed by atoms with Crippen molar-refractivity contribution in [3.8, 4) is 11.5 Å². The van der Waals surface area contributed by atoms with Crippen LogP contribution in [0.25, 0.3) is 0 Å². The van der Waals surface area contributed by atoms with Crippen molar-refractivity contribution in [1.82, 2.24) is 10.3 Å². The average Bonchev–Trinajstić information content (AvgIpc) is 3.47. The van der Waals surface area contributed by atoms with E-state index in [4.69, 9.17) is 9.47 Å². The van der Waals surface area contributed by atoms with Gasteiger partial charge in [0.25, 0.3) is 5.91 Å². The number of carbonyl (C=O) groups excluding carboxylic acids is 2. The number of amides is 2. The Labute approximate surface area is 188 Å². The number of rotatable bonds is 7. The van der Waals surface area contributed by atoms with Crippen LogP contribution in [-0.2, 0) is 11.2 Å². The first-order chi connectivity index (χ1) is 14.9. The molecule has 0 aliphatic carbocycles. The molecule has 3 heterocycles. The average molecular weight is 458 g/mol. The lowest BCUT2D eigenvalue weighted by atomic mass is 10.0. The Kier molecular flexibility index (Phi) is 6.24. The zero-order valence-electron chi connectivity index (χ0n) is 17.4. The lowest BCUT2D eigenvalue weighted by Crippen LogP contribution is -2.46. The number of aryl methyl sites for hydroxylation is 1. The van der Waals surface area contributed by atoms with Gasteiger partial charge >= 0.3 is 0 Å². The predicted octanol–water partition coefficient (Wildman–Crippen LogP) is 4.23. The highest BCUT2D eigenvalue weighted by molar-refractivity contribution is 7.16. The van der Waals surface area contributed by atoms with E-state index in [1.807, 2.05) is 50.4 Å². The van der Waals surface area contributed by atoms with E-state index in [0.29, 0.717) is 16.4 Å². The summed E-state index contributed by atoms with van der Waals surface area (Å²) in [5.41, 5.74) is 1.94. The number of carbonyl (C=O) groups is 2. The highest BCUT2D eigenvalue weighted by Crippen LogP contribution is 2.34. The van der Waals surface area contributed by atoms with Gasteiger partial charge in [-0.3, -0.25) is 9.59 Å². The molecule has 0 fully saturated rings. The molecule has 2 amide bonds. The fourth-order valence-corrected chi connectivity index (χ4v) is 4.85. The number of thiophene rings is 1. The fourth-order valence-electron chi connectivity index (χ4n) is 3.22. The standard InChI is InChI=1S/C22H23N3O4S2/c1-12(2)19(24-20(26)17-5-4-8-30-17)21(27)25-22-23-13(3)18(31-22)10-14-6-7-15-16(9-14)29-11-28-15/h4-9,12,19H,10-11H2,1-3H3,(H,24,26)(H,23,25,27). The zero-order chi connectivity index (χ0) is 22.0. The van der Waals surface area contributed by atoms with E-state index < -0.39 is 6.04 Å². The SMILES string of the molecule is Cc1nc(NC(=O)C(NC(=O)c2cccs2)C(C)C)sc1Cc1ccc2c(c1)OCO2. The van der Waals surface area contributed by atoms with Crippen molar-refractivity contribution in [1.29, 1.82) is 0 Å². The molecule has 1 aliphatic rings. The summed E-state index contributed by atoms with van der Waals surface area (Å²) in [5, 5.41) is 8.06. The summed E-state index contributed by atoms with van der Waals surface area (Å²) in [4.78, 5) is 31.4. The van der Waals surface area contributed by atoms with Gasteiger partial charge in [0.05, 0.1) is 10.6 Å². The minimum absolute atomic E-state index is 0.0712. The van der Waals surface area contributed by atoms with Gasteiger partial charge in [0.2, 0.25) is 12.7 Å². The van der Waals surface area contributed by atoms with Gasteiger partial charge in [-0.1, -0.05) is 26.0 Å². The molecule has 1 aliphatic heterocycles. The monoisotopic (exact) mass is 457 g/mol. The molecule has 0 radical (unpaired) electrons. The molecule has 2 aromatic heterocycles. The van der Waals surface area contributed by atoms with Crippen molar-refractivity contribution >= 4 is 39.6 Å². The summed E-state index contributed by atoms with van der Waals surface area (Å²) < 4.78 is 10.8. The quantitative estimate of drug-likeness (QED) is 0.554. The van der Waals surface area contributed by atoms with Crippen molar-refractivity contribution in [3.05, 3.63) is 56.7 Å². The van der Waals surface area contributed by atoms with Gasteiger partial charge in [0.1, 0.15) is 6.04 Å². The Morgan fingerprint density at radius 3 is 2.74 bits per heavy atom. The lowest BCUT2D eigenvalue weighted by Gasteiger charge is -2.20. The van der Waals surface area contributed by atoms with Crippen molar-refractivity contribution in [2.75, 3.05) is 12.1 Å². The second-order valence-corrected chi connectivity index (χ2v) is 9.59. The number of thiazole rings is 1. The van der Waals surface area contributed by atoms with E-state index in [1.165, 1.54) is 22.7 Å². The smallest absolute Gasteiger partial charge is 0.262 e. The maximum absolute atomic E-state index is 12.9. The number of hydrogen-bond donors (Lipinski definition) is 2. The summed E-state index contributed by atoms with van der Waals surface area (Å²) >= 11 is 2.78. The highest BCUT2D eigenvalue weighted by atomic mass is 32.1. The molecule has 0 spiro atoms. The van der Waals surface area contributed by atoms with Crippen molar-refractivity contribution < 1.29 is 19.1 Å². The van der Waals surface area contributed by atoms with Gasteiger partial charge in [0.15, 0.2) is 16.6 Å². The molecule has 9 heteroatoms. The van der Waals surface area contributed by atoms with Crippen molar-refractivity contribution in [2.45, 2.75) is 33.2 Å². The van der Waals surface area contributed by atoms with Crippen LogP contribution in [0.1, 0.15) is 39.7 Å². The minimum Gasteiger partial charge on any atom is -0.454 e. The molecule has 1 unspecified atom stereocenters. The molecule has 7 nitrogen and oxygen atoms in total. The highest BCUT2D eigenvalue weighted by Gasteiger charge is 2.26. The Balaban J connectivity index is 1.43. The number of nitrogens with zero attached hydrogens (tertiary/aromatic N) is 1. The van der Waals surface area contributed by atoms with Crippen LogP contribution in [0.3, 0.4) is 0 Å². The molecular formula is C22H23N3O4S2. The Hall–Kier alpha value is -2.91. The van der Waals surface area contributed by atoms with E-state index in [-0.39, 0.29) is 24.5 Å². The number of aromatic nitrogens is 1. The molecule has 4 rings (SSSR count). The molecule has 0 saturated carbocycles. The molecule has 0 bridgehead atoms. The third-order valence-electron chi connectivity index (χ3n) is 4.91. The maximum Gasteiger partial charge on any atom is 0.262 e. The van der Waals surface area contributed by atoms with E-state index in [1.54, 1.807) is 6.07 Å². The summed E-state index contributed by atoms with van der Waals surface area (Å²) in [5.74, 6) is 0.903. The van der Waals surface area contributed by atoms with Crippen LogP contribution in [0.4, 0.5) is 5.13 Å². The van der Waals surface area contributed by atoms with E-state index in [2.05, 4.69) is 15.6 Å².